The number of fused-ring (bicyclic) bond motifs is 2. The Hall–Kier alpha value is -2.76. The number of amides is 2. The minimum absolute atomic E-state index is 0.0182. The van der Waals surface area contributed by atoms with Crippen LogP contribution in [-0.2, 0) is 17.8 Å². The minimum atomic E-state index is -0.107. The molecule has 1 atom stereocenters. The Labute approximate surface area is 197 Å². The molecule has 0 saturated heterocycles. The predicted molar refractivity (Wildman–Crippen MR) is 129 cm³/mol. The van der Waals surface area contributed by atoms with Crippen molar-refractivity contribution in [2.24, 2.45) is 0 Å². The molecule has 0 fully saturated rings. The van der Waals surface area contributed by atoms with Crippen LogP contribution in [0.15, 0.2) is 71.6 Å². The number of hydrogen-bond donors (Lipinski definition) is 1. The third-order valence-corrected chi connectivity index (χ3v) is 7.39. The number of carbonyl (C=O) groups is 2. The zero-order valence-electron chi connectivity index (χ0n) is 17.5. The number of benzene rings is 3. The zero-order chi connectivity index (χ0) is 22.1. The number of nitrogens with zero attached hydrogens (tertiary/aromatic N) is 1. The van der Waals surface area contributed by atoms with E-state index >= 15 is 0 Å². The van der Waals surface area contributed by atoms with Crippen LogP contribution in [0.3, 0.4) is 0 Å². The molecule has 3 aromatic rings. The molecule has 2 amide bonds. The maximum absolute atomic E-state index is 13.2. The fourth-order valence-electron chi connectivity index (χ4n) is 4.43. The average Bonchev–Trinajstić information content (AvgIpc) is 2.82. The summed E-state index contributed by atoms with van der Waals surface area (Å²) >= 11 is 7.52. The van der Waals surface area contributed by atoms with Gasteiger partial charge in [-0.25, -0.2) is 0 Å². The van der Waals surface area contributed by atoms with E-state index < -0.39 is 0 Å². The first-order valence-electron chi connectivity index (χ1n) is 10.8. The number of aryl methyl sites for hydroxylation is 1. The van der Waals surface area contributed by atoms with Gasteiger partial charge in [0.25, 0.3) is 5.91 Å². The van der Waals surface area contributed by atoms with Crippen molar-refractivity contribution in [3.63, 3.8) is 0 Å². The van der Waals surface area contributed by atoms with E-state index in [0.29, 0.717) is 22.9 Å². The second-order valence-electron chi connectivity index (χ2n) is 8.19. The van der Waals surface area contributed by atoms with Crippen LogP contribution in [0.25, 0.3) is 0 Å². The van der Waals surface area contributed by atoms with Crippen LogP contribution < -0.4 is 10.2 Å². The SMILES string of the molecule is O=C(N[C@H]1CCCc2ccccc21)c1ccc2c(c1)N(Cc1ccc(Cl)cc1)C(=O)CS2. The topological polar surface area (TPSA) is 49.4 Å². The van der Waals surface area contributed by atoms with Crippen LogP contribution in [0.2, 0.25) is 5.02 Å². The molecule has 32 heavy (non-hydrogen) atoms. The van der Waals surface area contributed by atoms with Gasteiger partial charge in [-0.15, -0.1) is 11.8 Å². The smallest absolute Gasteiger partial charge is 0.251 e. The molecule has 0 aromatic heterocycles. The van der Waals surface area contributed by atoms with Crippen LogP contribution in [0.4, 0.5) is 5.69 Å². The molecule has 162 valence electrons. The third-order valence-electron chi connectivity index (χ3n) is 6.09. The van der Waals surface area contributed by atoms with Gasteiger partial charge < -0.3 is 10.2 Å². The van der Waals surface area contributed by atoms with E-state index in [1.165, 1.54) is 22.9 Å². The molecule has 2 aliphatic rings. The fourth-order valence-corrected chi connectivity index (χ4v) is 5.48. The molecule has 6 heteroatoms. The summed E-state index contributed by atoms with van der Waals surface area (Å²) in [5, 5.41) is 3.88. The van der Waals surface area contributed by atoms with Gasteiger partial charge in [-0.05, 0) is 66.3 Å². The summed E-state index contributed by atoms with van der Waals surface area (Å²) in [7, 11) is 0. The highest BCUT2D eigenvalue weighted by Gasteiger charge is 2.27. The van der Waals surface area contributed by atoms with Crippen LogP contribution in [0, 0.1) is 0 Å². The number of thioether (sulfide) groups is 1. The van der Waals surface area contributed by atoms with Gasteiger partial charge in [0.1, 0.15) is 0 Å². The average molecular weight is 463 g/mol. The van der Waals surface area contributed by atoms with Crippen molar-refractivity contribution in [2.45, 2.75) is 36.7 Å². The maximum Gasteiger partial charge on any atom is 0.251 e. The van der Waals surface area contributed by atoms with Gasteiger partial charge in [-0.2, -0.15) is 0 Å². The number of rotatable bonds is 4. The molecule has 0 radical (unpaired) electrons. The standard InChI is InChI=1S/C26H23ClN2O2S/c27-20-11-8-17(9-12-20)15-29-23-14-19(10-13-24(23)32-16-25(29)30)26(31)28-22-7-3-5-18-4-1-2-6-21(18)22/h1-2,4,6,8-14,22H,3,5,7,15-16H2,(H,28,31)/t22-/m0/s1. The molecular weight excluding hydrogens is 440 g/mol. The molecule has 1 heterocycles. The van der Waals surface area contributed by atoms with Gasteiger partial charge in [0, 0.05) is 15.5 Å². The van der Waals surface area contributed by atoms with Crippen molar-refractivity contribution in [2.75, 3.05) is 10.7 Å². The van der Waals surface area contributed by atoms with E-state index in [9.17, 15) is 9.59 Å². The molecule has 1 aliphatic heterocycles. The molecular formula is C26H23ClN2O2S. The van der Waals surface area contributed by atoms with Gasteiger partial charge in [-0.3, -0.25) is 9.59 Å². The first-order valence-corrected chi connectivity index (χ1v) is 12.2. The summed E-state index contributed by atoms with van der Waals surface area (Å²) in [5.74, 6) is 0.325. The Bertz CT molecular complexity index is 1180. The van der Waals surface area contributed by atoms with Crippen molar-refractivity contribution in [3.05, 3.63) is 94.0 Å². The number of nitrogens with one attached hydrogen (secondary N) is 1. The summed E-state index contributed by atoms with van der Waals surface area (Å²) in [6.07, 6.45) is 3.05. The van der Waals surface area contributed by atoms with Gasteiger partial charge in [0.2, 0.25) is 5.91 Å². The summed E-state index contributed by atoms with van der Waals surface area (Å²) in [6.45, 7) is 0.449. The summed E-state index contributed by atoms with van der Waals surface area (Å²) < 4.78 is 0. The molecule has 3 aromatic carbocycles. The van der Waals surface area contributed by atoms with Crippen molar-refractivity contribution in [1.82, 2.24) is 5.32 Å². The van der Waals surface area contributed by atoms with Crippen molar-refractivity contribution in [3.8, 4) is 0 Å². The third kappa shape index (κ3) is 4.27. The normalized spacial score (nSPS) is 17.5. The van der Waals surface area contributed by atoms with Crippen molar-refractivity contribution in [1.29, 1.82) is 0 Å². The van der Waals surface area contributed by atoms with E-state index in [0.717, 1.165) is 35.4 Å². The Kier molecular flexibility index (Phi) is 5.94. The second-order valence-corrected chi connectivity index (χ2v) is 9.65. The Morgan fingerprint density at radius 1 is 1.09 bits per heavy atom. The number of halogens is 1. The Balaban J connectivity index is 1.40. The summed E-state index contributed by atoms with van der Waals surface area (Å²) in [5.41, 5.74) is 4.88. The Morgan fingerprint density at radius 2 is 1.91 bits per heavy atom. The lowest BCUT2D eigenvalue weighted by atomic mass is 9.87. The van der Waals surface area contributed by atoms with Gasteiger partial charge in [0.05, 0.1) is 24.0 Å². The molecule has 0 unspecified atom stereocenters. The lowest BCUT2D eigenvalue weighted by Crippen LogP contribution is -2.35. The lowest BCUT2D eigenvalue weighted by molar-refractivity contribution is -0.116. The first kappa shape index (κ1) is 21.1. The maximum atomic E-state index is 13.2. The quantitative estimate of drug-likeness (QED) is 0.534. The van der Waals surface area contributed by atoms with Crippen LogP contribution in [-0.4, -0.2) is 17.6 Å². The highest BCUT2D eigenvalue weighted by Crippen LogP contribution is 2.37. The molecule has 0 saturated carbocycles. The fraction of sp³-hybridized carbons (Fsp3) is 0.231. The van der Waals surface area contributed by atoms with Gasteiger partial charge in [-0.1, -0.05) is 48.0 Å². The molecule has 0 spiro atoms. The van der Waals surface area contributed by atoms with Gasteiger partial charge >= 0.3 is 0 Å². The predicted octanol–water partition coefficient (Wildman–Crippen LogP) is 5.79. The van der Waals surface area contributed by atoms with Crippen LogP contribution >= 0.6 is 23.4 Å². The van der Waals surface area contributed by atoms with Gasteiger partial charge in [0.15, 0.2) is 0 Å². The molecule has 1 aliphatic carbocycles. The highest BCUT2D eigenvalue weighted by molar-refractivity contribution is 8.00. The van der Waals surface area contributed by atoms with Crippen molar-refractivity contribution >= 4 is 40.9 Å². The van der Waals surface area contributed by atoms with E-state index in [-0.39, 0.29) is 17.9 Å². The van der Waals surface area contributed by atoms with E-state index in [2.05, 4.69) is 23.5 Å². The summed E-state index contributed by atoms with van der Waals surface area (Å²) in [4.78, 5) is 28.7. The molecule has 4 nitrogen and oxygen atoms in total. The lowest BCUT2D eigenvalue weighted by Gasteiger charge is -2.30. The molecule has 1 N–H and O–H groups in total. The second kappa shape index (κ2) is 9.00. The number of hydrogen-bond acceptors (Lipinski definition) is 3. The number of anilines is 1. The largest absolute Gasteiger partial charge is 0.345 e. The Morgan fingerprint density at radius 3 is 2.75 bits per heavy atom. The minimum Gasteiger partial charge on any atom is -0.345 e. The van der Waals surface area contributed by atoms with Crippen molar-refractivity contribution < 1.29 is 9.59 Å². The van der Waals surface area contributed by atoms with Crippen LogP contribution in [0.1, 0.15) is 45.9 Å². The van der Waals surface area contributed by atoms with E-state index in [1.807, 2.05) is 48.5 Å². The summed E-state index contributed by atoms with van der Waals surface area (Å²) in [6, 6.07) is 21.5. The zero-order valence-corrected chi connectivity index (χ0v) is 19.1. The monoisotopic (exact) mass is 462 g/mol. The number of carbonyl (C=O) groups excluding carboxylic acids is 2. The van der Waals surface area contributed by atoms with Crippen LogP contribution in [0.5, 0.6) is 0 Å². The van der Waals surface area contributed by atoms with E-state index in [4.69, 9.17) is 11.6 Å². The highest BCUT2D eigenvalue weighted by atomic mass is 35.5. The first-order chi connectivity index (χ1) is 15.6. The van der Waals surface area contributed by atoms with E-state index in [1.54, 1.807) is 4.90 Å². The molecule has 0 bridgehead atoms. The molecule has 5 rings (SSSR count).